The number of nitrogens with zero attached hydrogens (tertiary/aromatic N) is 2. The van der Waals surface area contributed by atoms with Gasteiger partial charge >= 0.3 is 0 Å². The lowest BCUT2D eigenvalue weighted by molar-refractivity contribution is -0.117. The average molecular weight is 492 g/mol. The Hall–Kier alpha value is -1.46. The Kier molecular flexibility index (Phi) is 6.61. The van der Waals surface area contributed by atoms with Crippen LogP contribution < -0.4 is 5.14 Å². The van der Waals surface area contributed by atoms with E-state index in [1.807, 2.05) is 0 Å². The van der Waals surface area contributed by atoms with E-state index in [9.17, 15) is 22.9 Å². The quantitative estimate of drug-likeness (QED) is 0.606. The van der Waals surface area contributed by atoms with Gasteiger partial charge in [-0.3, -0.25) is 4.79 Å². The number of amides is 1. The summed E-state index contributed by atoms with van der Waals surface area (Å²) in [5.41, 5.74) is 0.0747. The number of hydrogen-bond donors (Lipinski definition) is 2. The molecule has 0 aliphatic heterocycles. The predicted octanol–water partition coefficient (Wildman–Crippen LogP) is 4.77. The molecular weight excluding hydrogens is 468 g/mol. The van der Waals surface area contributed by atoms with E-state index in [1.165, 1.54) is 19.9 Å². The maximum absolute atomic E-state index is 14.8. The fraction of sp³-hybridized carbons (Fsp3) is 0.500. The van der Waals surface area contributed by atoms with E-state index in [1.54, 1.807) is 13.8 Å². The summed E-state index contributed by atoms with van der Waals surface area (Å²) in [6, 6.07) is 1.53. The molecule has 6 nitrogen and oxygen atoms in total. The Morgan fingerprint density at radius 1 is 1.45 bits per heavy atom. The van der Waals surface area contributed by atoms with E-state index in [0.717, 1.165) is 18.4 Å². The molecule has 170 valence electrons. The summed E-state index contributed by atoms with van der Waals surface area (Å²) in [5.74, 6) is -2.69. The van der Waals surface area contributed by atoms with Crippen molar-refractivity contribution in [3.8, 4) is 0 Å². The third-order valence-electron chi connectivity index (χ3n) is 4.91. The van der Waals surface area contributed by atoms with E-state index >= 15 is 0 Å². The topological polar surface area (TPSA) is 106 Å². The van der Waals surface area contributed by atoms with Crippen LogP contribution in [-0.4, -0.2) is 20.2 Å². The number of halogens is 3. The van der Waals surface area contributed by atoms with Gasteiger partial charge in [0, 0.05) is 0 Å². The highest BCUT2D eigenvalue weighted by molar-refractivity contribution is 7.93. The van der Waals surface area contributed by atoms with Crippen LogP contribution in [0.25, 0.3) is 0 Å². The second-order valence-electron chi connectivity index (χ2n) is 8.47. The Balaban J connectivity index is 2.02. The van der Waals surface area contributed by atoms with Crippen LogP contribution in [0.15, 0.2) is 14.6 Å². The molecular formula is C20H24ClF2N3O3S2. The highest BCUT2D eigenvalue weighted by Gasteiger charge is 2.32. The number of carbonyl (C=O) groups is 1. The molecule has 1 aliphatic carbocycles. The van der Waals surface area contributed by atoms with Crippen molar-refractivity contribution in [1.82, 2.24) is 4.98 Å². The highest BCUT2D eigenvalue weighted by atomic mass is 35.5. The molecule has 11 heteroatoms. The lowest BCUT2D eigenvalue weighted by Crippen LogP contribution is -2.17. The van der Waals surface area contributed by atoms with Crippen molar-refractivity contribution in [1.29, 1.82) is 0 Å². The van der Waals surface area contributed by atoms with Crippen LogP contribution in [0, 0.1) is 11.8 Å². The first-order valence-electron chi connectivity index (χ1n) is 9.70. The lowest BCUT2D eigenvalue weighted by atomic mass is 9.89. The number of aromatic nitrogens is 1. The molecule has 1 aromatic heterocycles. The smallest absolute Gasteiger partial charge is 0.259 e. The van der Waals surface area contributed by atoms with Gasteiger partial charge in [-0.15, -0.1) is 15.7 Å². The number of nitrogens with two attached hydrogens (primary N) is 1. The molecule has 1 amide bonds. The van der Waals surface area contributed by atoms with Crippen molar-refractivity contribution >= 4 is 38.8 Å². The SMILES string of the molecule is CC(C)c1c(F)c(Cl)cc(C2CC2)c1CC(=O)N=S(N)(=O)c1sc(C(C)(C)O)nc1F. The second-order valence-corrected chi connectivity index (χ2v) is 11.9. The highest BCUT2D eigenvalue weighted by Crippen LogP contribution is 2.45. The van der Waals surface area contributed by atoms with E-state index in [2.05, 4.69) is 9.35 Å². The van der Waals surface area contributed by atoms with Gasteiger partial charge in [-0.25, -0.2) is 18.7 Å². The summed E-state index contributed by atoms with van der Waals surface area (Å²) >= 11 is 6.66. The first kappa shape index (κ1) is 24.2. The molecule has 1 saturated carbocycles. The van der Waals surface area contributed by atoms with Crippen molar-refractivity contribution in [3.05, 3.63) is 44.6 Å². The normalized spacial score (nSPS) is 16.5. The maximum atomic E-state index is 14.8. The molecule has 0 bridgehead atoms. The van der Waals surface area contributed by atoms with Crippen LogP contribution in [-0.2, 0) is 26.7 Å². The first-order valence-corrected chi connectivity index (χ1v) is 12.5. The van der Waals surface area contributed by atoms with Crippen LogP contribution in [0.5, 0.6) is 0 Å². The third kappa shape index (κ3) is 5.14. The molecule has 1 fully saturated rings. The molecule has 1 aliphatic rings. The number of thiazole rings is 1. The second kappa shape index (κ2) is 8.47. The summed E-state index contributed by atoms with van der Waals surface area (Å²) in [6.07, 6.45) is 1.47. The van der Waals surface area contributed by atoms with Gasteiger partial charge in [-0.05, 0) is 61.3 Å². The molecule has 0 radical (unpaired) electrons. The molecule has 1 unspecified atom stereocenters. The van der Waals surface area contributed by atoms with Crippen LogP contribution >= 0.6 is 22.9 Å². The van der Waals surface area contributed by atoms with Crippen molar-refractivity contribution in [2.45, 2.75) is 68.6 Å². The van der Waals surface area contributed by atoms with Crippen molar-refractivity contribution in [2.24, 2.45) is 9.50 Å². The minimum atomic E-state index is -3.94. The van der Waals surface area contributed by atoms with Gasteiger partial charge in [-0.1, -0.05) is 25.4 Å². The lowest BCUT2D eigenvalue weighted by Gasteiger charge is -2.18. The first-order chi connectivity index (χ1) is 14.2. The average Bonchev–Trinajstić information content (AvgIpc) is 3.36. The molecule has 0 spiro atoms. The van der Waals surface area contributed by atoms with E-state index in [-0.39, 0.29) is 28.3 Å². The van der Waals surface area contributed by atoms with E-state index in [0.29, 0.717) is 22.5 Å². The monoisotopic (exact) mass is 491 g/mol. The van der Waals surface area contributed by atoms with Crippen molar-refractivity contribution in [3.63, 3.8) is 0 Å². The summed E-state index contributed by atoms with van der Waals surface area (Å²) in [7, 11) is -3.94. The van der Waals surface area contributed by atoms with Gasteiger partial charge in [0.25, 0.3) is 5.91 Å². The summed E-state index contributed by atoms with van der Waals surface area (Å²) < 4.78 is 44.9. The molecule has 1 heterocycles. The molecule has 2 aromatic rings. The van der Waals surface area contributed by atoms with E-state index < -0.39 is 37.4 Å². The Morgan fingerprint density at radius 2 is 2.06 bits per heavy atom. The summed E-state index contributed by atoms with van der Waals surface area (Å²) in [5, 5.41) is 15.6. The van der Waals surface area contributed by atoms with Gasteiger partial charge in [0.15, 0.2) is 14.1 Å². The van der Waals surface area contributed by atoms with Crippen molar-refractivity contribution in [2.75, 3.05) is 0 Å². The van der Waals surface area contributed by atoms with Crippen molar-refractivity contribution < 1.29 is 22.9 Å². The number of benzene rings is 1. The summed E-state index contributed by atoms with van der Waals surface area (Å²) in [6.45, 7) is 6.34. The number of aliphatic hydroxyl groups is 1. The fourth-order valence-corrected chi connectivity index (χ4v) is 5.83. The van der Waals surface area contributed by atoms with Gasteiger partial charge in [0.1, 0.15) is 16.4 Å². The zero-order chi connectivity index (χ0) is 23.3. The van der Waals surface area contributed by atoms with Gasteiger partial charge in [0.2, 0.25) is 5.95 Å². The zero-order valence-electron chi connectivity index (χ0n) is 17.5. The van der Waals surface area contributed by atoms with Gasteiger partial charge in [0.05, 0.1) is 11.4 Å². The maximum Gasteiger partial charge on any atom is 0.259 e. The van der Waals surface area contributed by atoms with Crippen LogP contribution in [0.3, 0.4) is 0 Å². The van der Waals surface area contributed by atoms with Crippen LogP contribution in [0.4, 0.5) is 8.78 Å². The summed E-state index contributed by atoms with van der Waals surface area (Å²) in [4.78, 5) is 16.3. The largest absolute Gasteiger partial charge is 0.383 e. The molecule has 0 saturated heterocycles. The van der Waals surface area contributed by atoms with Gasteiger partial charge < -0.3 is 5.11 Å². The number of rotatable bonds is 6. The molecule has 31 heavy (non-hydrogen) atoms. The molecule has 3 N–H and O–H groups in total. The fourth-order valence-electron chi connectivity index (χ4n) is 3.37. The molecule has 1 aromatic carbocycles. The number of hydrogen-bond acceptors (Lipinski definition) is 5. The van der Waals surface area contributed by atoms with Crippen LogP contribution in [0.2, 0.25) is 5.02 Å². The standard InChI is InChI=1S/C20H24ClF2N3O3S2/c1-9(2)15-12(11(10-5-6-10)7-13(21)16(15)22)8-14(27)26-31(24,29)18-17(23)25-19(30-18)20(3,4)28/h7,9-10,28H,5-6,8H2,1-4H3,(H2,24,26,27,29). The van der Waals surface area contributed by atoms with Crippen LogP contribution in [0.1, 0.15) is 74.1 Å². The van der Waals surface area contributed by atoms with E-state index in [4.69, 9.17) is 16.7 Å². The Morgan fingerprint density at radius 3 is 2.55 bits per heavy atom. The predicted molar refractivity (Wildman–Crippen MR) is 117 cm³/mol. The minimum absolute atomic E-state index is 0.00719. The Labute approximate surface area is 189 Å². The number of carbonyl (C=O) groups excluding carboxylic acids is 1. The molecule has 1 atom stereocenters. The zero-order valence-corrected chi connectivity index (χ0v) is 19.9. The Bertz CT molecular complexity index is 1160. The minimum Gasteiger partial charge on any atom is -0.383 e. The van der Waals surface area contributed by atoms with Gasteiger partial charge in [-0.2, -0.15) is 4.39 Å². The molecule has 3 rings (SSSR count). The third-order valence-corrected chi connectivity index (χ3v) is 8.46.